The Kier molecular flexibility index (Phi) is 5.02. The van der Waals surface area contributed by atoms with Crippen molar-refractivity contribution in [1.29, 1.82) is 0 Å². The lowest BCUT2D eigenvalue weighted by molar-refractivity contribution is 0.318. The molecule has 0 nitrogen and oxygen atoms in total. The lowest BCUT2D eigenvalue weighted by atomic mass is 9.70. The minimum Gasteiger partial charge on any atom is -0.0704 e. The maximum atomic E-state index is 2.03. The van der Waals surface area contributed by atoms with E-state index in [4.69, 9.17) is 0 Å². The molecule has 0 spiro atoms. The van der Waals surface area contributed by atoms with Crippen molar-refractivity contribution in [2.45, 2.75) is 96.3 Å². The van der Waals surface area contributed by atoms with Gasteiger partial charge in [0.2, 0.25) is 0 Å². The summed E-state index contributed by atoms with van der Waals surface area (Å²) in [6, 6.07) is 0. The molecule has 0 N–H and O–H groups in total. The summed E-state index contributed by atoms with van der Waals surface area (Å²) in [5, 5.41) is 0. The molecule has 108 valence electrons. The molecule has 3 fully saturated rings. The normalized spacial score (nSPS) is 27.5. The molecule has 0 atom stereocenters. The van der Waals surface area contributed by atoms with Crippen molar-refractivity contribution in [2.24, 2.45) is 11.8 Å². The van der Waals surface area contributed by atoms with Crippen molar-refractivity contribution in [2.75, 3.05) is 0 Å². The van der Waals surface area contributed by atoms with Gasteiger partial charge in [-0.2, -0.15) is 0 Å². The molecule has 0 aromatic carbocycles. The average Bonchev–Trinajstić information content (AvgIpc) is 2.51. The quantitative estimate of drug-likeness (QED) is 0.503. The van der Waals surface area contributed by atoms with Crippen LogP contribution in [0, 0.1) is 11.8 Å². The largest absolute Gasteiger partial charge is 0.0704 e. The monoisotopic (exact) mass is 260 g/mol. The summed E-state index contributed by atoms with van der Waals surface area (Å²) in [5.74, 6) is 2.01. The summed E-state index contributed by atoms with van der Waals surface area (Å²) in [5.41, 5.74) is 3.98. The minimum absolute atomic E-state index is 1.00. The predicted molar refractivity (Wildman–Crippen MR) is 83.3 cm³/mol. The number of rotatable bonds is 2. The van der Waals surface area contributed by atoms with Gasteiger partial charge < -0.3 is 0 Å². The van der Waals surface area contributed by atoms with E-state index in [2.05, 4.69) is 0 Å². The van der Waals surface area contributed by atoms with Crippen LogP contribution in [-0.4, -0.2) is 0 Å². The van der Waals surface area contributed by atoms with Gasteiger partial charge in [0.15, 0.2) is 0 Å². The van der Waals surface area contributed by atoms with Crippen molar-refractivity contribution in [3.05, 3.63) is 11.1 Å². The van der Waals surface area contributed by atoms with E-state index in [1.807, 2.05) is 11.1 Å². The van der Waals surface area contributed by atoms with Crippen LogP contribution in [0.25, 0.3) is 0 Å². The highest BCUT2D eigenvalue weighted by atomic mass is 14.3. The van der Waals surface area contributed by atoms with Crippen LogP contribution in [0.1, 0.15) is 96.3 Å². The first-order valence-electron chi connectivity index (χ1n) is 9.17. The van der Waals surface area contributed by atoms with E-state index >= 15 is 0 Å². The Balaban J connectivity index is 1.80. The van der Waals surface area contributed by atoms with Crippen LogP contribution >= 0.6 is 0 Å². The fourth-order valence-corrected chi connectivity index (χ4v) is 5.01. The SMILES string of the molecule is C1CCC(=C(C2CCCCC2)C2CCCCC2)CC1. The highest BCUT2D eigenvalue weighted by molar-refractivity contribution is 5.22. The number of hydrogen-bond acceptors (Lipinski definition) is 0. The molecule has 0 bridgehead atoms. The third-order valence-corrected chi connectivity index (χ3v) is 5.96. The first-order chi connectivity index (χ1) is 9.45. The standard InChI is InChI=1S/C19H32/c1-4-10-16(11-5-1)19(17-12-6-2-7-13-17)18-14-8-3-9-15-18/h16-17H,1-15H2. The third-order valence-electron chi connectivity index (χ3n) is 5.96. The van der Waals surface area contributed by atoms with Gasteiger partial charge in [-0.15, -0.1) is 0 Å². The summed E-state index contributed by atoms with van der Waals surface area (Å²) in [6.07, 6.45) is 22.5. The van der Waals surface area contributed by atoms with Gasteiger partial charge in [-0.25, -0.2) is 0 Å². The lowest BCUT2D eigenvalue weighted by Crippen LogP contribution is -2.21. The van der Waals surface area contributed by atoms with E-state index in [1.54, 1.807) is 0 Å². The number of allylic oxidation sites excluding steroid dienone is 2. The predicted octanol–water partition coefficient (Wildman–Crippen LogP) is 6.41. The average molecular weight is 260 g/mol. The molecule has 0 amide bonds. The van der Waals surface area contributed by atoms with Crippen molar-refractivity contribution in [3.63, 3.8) is 0 Å². The van der Waals surface area contributed by atoms with E-state index in [0.29, 0.717) is 0 Å². The van der Waals surface area contributed by atoms with Crippen molar-refractivity contribution >= 4 is 0 Å². The van der Waals surface area contributed by atoms with Crippen molar-refractivity contribution in [1.82, 2.24) is 0 Å². The second kappa shape index (κ2) is 6.95. The van der Waals surface area contributed by atoms with Crippen LogP contribution < -0.4 is 0 Å². The Hall–Kier alpha value is -0.260. The van der Waals surface area contributed by atoms with E-state index in [9.17, 15) is 0 Å². The molecule has 0 heteroatoms. The Morgan fingerprint density at radius 1 is 0.526 bits per heavy atom. The van der Waals surface area contributed by atoms with Crippen molar-refractivity contribution in [3.8, 4) is 0 Å². The first kappa shape index (κ1) is 13.7. The van der Waals surface area contributed by atoms with Crippen LogP contribution in [-0.2, 0) is 0 Å². The second-order valence-corrected chi connectivity index (χ2v) is 7.29. The molecule has 3 rings (SSSR count). The Morgan fingerprint density at radius 3 is 1.42 bits per heavy atom. The smallest absolute Gasteiger partial charge is 0.0198 e. The summed E-state index contributed by atoms with van der Waals surface area (Å²) in [6.45, 7) is 0. The molecule has 0 saturated heterocycles. The third kappa shape index (κ3) is 3.44. The first-order valence-corrected chi connectivity index (χ1v) is 9.17. The van der Waals surface area contributed by atoms with Crippen LogP contribution in [0.5, 0.6) is 0 Å². The van der Waals surface area contributed by atoms with E-state index in [-0.39, 0.29) is 0 Å². The van der Waals surface area contributed by atoms with Gasteiger partial charge >= 0.3 is 0 Å². The van der Waals surface area contributed by atoms with Gasteiger partial charge in [-0.1, -0.05) is 56.1 Å². The molecule has 19 heavy (non-hydrogen) atoms. The van der Waals surface area contributed by atoms with Gasteiger partial charge in [0.1, 0.15) is 0 Å². The van der Waals surface area contributed by atoms with Crippen LogP contribution in [0.15, 0.2) is 11.1 Å². The molecule has 0 radical (unpaired) electrons. The maximum Gasteiger partial charge on any atom is -0.0198 e. The molecule has 0 aromatic heterocycles. The van der Waals surface area contributed by atoms with Crippen LogP contribution in [0.3, 0.4) is 0 Å². The van der Waals surface area contributed by atoms with Gasteiger partial charge in [0.05, 0.1) is 0 Å². The molecule has 3 aliphatic rings. The molecule has 0 heterocycles. The minimum atomic E-state index is 1.00. The molecular weight excluding hydrogens is 228 g/mol. The summed E-state index contributed by atoms with van der Waals surface area (Å²) >= 11 is 0. The zero-order valence-electron chi connectivity index (χ0n) is 12.8. The van der Waals surface area contributed by atoms with Gasteiger partial charge in [-0.3, -0.25) is 0 Å². The van der Waals surface area contributed by atoms with E-state index in [1.165, 1.54) is 96.3 Å². The van der Waals surface area contributed by atoms with Gasteiger partial charge in [0.25, 0.3) is 0 Å². The van der Waals surface area contributed by atoms with E-state index in [0.717, 1.165) is 11.8 Å². The van der Waals surface area contributed by atoms with Crippen LogP contribution in [0.4, 0.5) is 0 Å². The zero-order valence-corrected chi connectivity index (χ0v) is 12.8. The summed E-state index contributed by atoms with van der Waals surface area (Å²) in [4.78, 5) is 0. The fraction of sp³-hybridized carbons (Fsp3) is 0.895. The van der Waals surface area contributed by atoms with Gasteiger partial charge in [0, 0.05) is 0 Å². The zero-order chi connectivity index (χ0) is 12.9. The van der Waals surface area contributed by atoms with Crippen molar-refractivity contribution < 1.29 is 0 Å². The highest BCUT2D eigenvalue weighted by Crippen LogP contribution is 2.43. The Bertz CT molecular complexity index is 272. The lowest BCUT2D eigenvalue weighted by Gasteiger charge is -2.36. The summed E-state index contributed by atoms with van der Waals surface area (Å²) < 4.78 is 0. The summed E-state index contributed by atoms with van der Waals surface area (Å²) in [7, 11) is 0. The molecule has 0 aliphatic heterocycles. The molecule has 0 unspecified atom stereocenters. The molecule has 3 saturated carbocycles. The second-order valence-electron chi connectivity index (χ2n) is 7.29. The van der Waals surface area contributed by atoms with Crippen LogP contribution in [0.2, 0.25) is 0 Å². The molecule has 0 aromatic rings. The molecule has 3 aliphatic carbocycles. The van der Waals surface area contributed by atoms with E-state index < -0.39 is 0 Å². The Morgan fingerprint density at radius 2 is 0.947 bits per heavy atom. The van der Waals surface area contributed by atoms with Gasteiger partial charge in [-0.05, 0) is 63.2 Å². The number of hydrogen-bond donors (Lipinski definition) is 0. The molecular formula is C19H32. The Labute approximate surface area is 120 Å². The maximum absolute atomic E-state index is 2.03. The topological polar surface area (TPSA) is 0 Å². The fourth-order valence-electron chi connectivity index (χ4n) is 5.01. The highest BCUT2D eigenvalue weighted by Gasteiger charge is 2.28.